The fourth-order valence-corrected chi connectivity index (χ4v) is 3.07. The normalized spacial score (nSPS) is 29.3. The van der Waals surface area contributed by atoms with Crippen LogP contribution in [0.25, 0.3) is 0 Å². The lowest BCUT2D eigenvalue weighted by Crippen LogP contribution is -2.37. The van der Waals surface area contributed by atoms with E-state index in [4.69, 9.17) is 0 Å². The minimum absolute atomic E-state index is 0.404. The maximum atomic E-state index is 9.55. The number of phenols is 1. The van der Waals surface area contributed by atoms with E-state index in [9.17, 15) is 5.11 Å². The Bertz CT molecular complexity index is 375. The third-order valence-electron chi connectivity index (χ3n) is 3.84. The molecule has 0 saturated carbocycles. The second kappa shape index (κ2) is 3.53. The van der Waals surface area contributed by atoms with Gasteiger partial charge in [0.05, 0.1) is 0 Å². The van der Waals surface area contributed by atoms with Crippen LogP contribution in [0.4, 0.5) is 0 Å². The summed E-state index contributed by atoms with van der Waals surface area (Å²) in [6, 6.07) is 6.33. The fraction of sp³-hybridized carbons (Fsp3) is 0.538. The van der Waals surface area contributed by atoms with Crippen LogP contribution in [0.15, 0.2) is 18.2 Å². The summed E-state index contributed by atoms with van der Waals surface area (Å²) < 4.78 is 0. The Morgan fingerprint density at radius 3 is 3.13 bits per heavy atom. The van der Waals surface area contributed by atoms with Crippen molar-refractivity contribution in [2.45, 2.75) is 31.7 Å². The molecular weight excluding hydrogens is 186 g/mol. The quantitative estimate of drug-likeness (QED) is 0.678. The minimum Gasteiger partial charge on any atom is -0.508 e. The predicted octanol–water partition coefficient (Wildman–Crippen LogP) is 2.38. The van der Waals surface area contributed by atoms with E-state index < -0.39 is 0 Å². The molecule has 15 heavy (non-hydrogen) atoms. The van der Waals surface area contributed by atoms with Gasteiger partial charge in [0.15, 0.2) is 0 Å². The molecule has 0 spiro atoms. The minimum atomic E-state index is 0.404. The maximum absolute atomic E-state index is 9.55. The van der Waals surface area contributed by atoms with E-state index in [0.717, 1.165) is 12.5 Å². The zero-order valence-corrected chi connectivity index (χ0v) is 8.87. The van der Waals surface area contributed by atoms with Gasteiger partial charge in [-0.2, -0.15) is 0 Å². The first-order valence-corrected chi connectivity index (χ1v) is 5.90. The molecule has 1 aromatic carbocycles. The lowest BCUT2D eigenvalue weighted by atomic mass is 9.76. The van der Waals surface area contributed by atoms with Gasteiger partial charge in [-0.15, -0.1) is 0 Å². The van der Waals surface area contributed by atoms with Crippen LogP contribution in [0.5, 0.6) is 5.75 Å². The highest BCUT2D eigenvalue weighted by Crippen LogP contribution is 2.39. The Kier molecular flexibility index (Phi) is 2.17. The van der Waals surface area contributed by atoms with Crippen molar-refractivity contribution >= 4 is 0 Å². The summed E-state index contributed by atoms with van der Waals surface area (Å²) in [5.74, 6) is 1.19. The number of aryl methyl sites for hydroxylation is 1. The molecule has 2 nitrogen and oxygen atoms in total. The summed E-state index contributed by atoms with van der Waals surface area (Å²) in [5.41, 5.74) is 2.76. The summed E-state index contributed by atoms with van der Waals surface area (Å²) in [7, 11) is 0. The number of aromatic hydroxyl groups is 1. The van der Waals surface area contributed by atoms with E-state index in [1.54, 1.807) is 0 Å². The summed E-state index contributed by atoms with van der Waals surface area (Å²) in [6.07, 6.45) is 5.12. The van der Waals surface area contributed by atoms with Gasteiger partial charge < -0.3 is 10.4 Å². The van der Waals surface area contributed by atoms with E-state index in [1.807, 2.05) is 12.1 Å². The van der Waals surface area contributed by atoms with Crippen LogP contribution in [0.2, 0.25) is 0 Å². The van der Waals surface area contributed by atoms with Crippen LogP contribution in [-0.2, 0) is 6.42 Å². The van der Waals surface area contributed by atoms with Gasteiger partial charge in [-0.25, -0.2) is 0 Å². The number of fused-ring (bicyclic) bond motifs is 3. The largest absolute Gasteiger partial charge is 0.508 e. The molecule has 0 unspecified atom stereocenters. The first-order valence-electron chi connectivity index (χ1n) is 5.90. The van der Waals surface area contributed by atoms with Gasteiger partial charge in [-0.3, -0.25) is 0 Å². The number of benzene rings is 1. The van der Waals surface area contributed by atoms with Crippen molar-refractivity contribution in [3.05, 3.63) is 29.3 Å². The molecule has 1 fully saturated rings. The molecule has 2 aliphatic rings. The van der Waals surface area contributed by atoms with Crippen LogP contribution < -0.4 is 5.32 Å². The molecular formula is C13H17NO. The SMILES string of the molecule is Oc1ccc2c(c1)[C@@H]1NCCC[C@H]1CC2. The number of rotatable bonds is 0. The average molecular weight is 203 g/mol. The lowest BCUT2D eigenvalue weighted by Gasteiger charge is -2.38. The molecule has 0 aromatic heterocycles. The molecule has 0 radical (unpaired) electrons. The molecule has 2 N–H and O–H groups in total. The number of piperidine rings is 1. The first kappa shape index (κ1) is 9.22. The van der Waals surface area contributed by atoms with Crippen molar-refractivity contribution in [1.82, 2.24) is 5.32 Å². The number of hydrogen-bond acceptors (Lipinski definition) is 2. The summed E-state index contributed by atoms with van der Waals surface area (Å²) in [4.78, 5) is 0. The zero-order valence-electron chi connectivity index (χ0n) is 8.87. The third-order valence-corrected chi connectivity index (χ3v) is 3.84. The van der Waals surface area contributed by atoms with Crippen molar-refractivity contribution < 1.29 is 5.11 Å². The van der Waals surface area contributed by atoms with Crippen molar-refractivity contribution in [2.24, 2.45) is 5.92 Å². The molecule has 1 aliphatic carbocycles. The molecule has 0 amide bonds. The third kappa shape index (κ3) is 1.53. The van der Waals surface area contributed by atoms with Crippen LogP contribution >= 0.6 is 0 Å². The van der Waals surface area contributed by atoms with Gasteiger partial charge in [0.25, 0.3) is 0 Å². The van der Waals surface area contributed by atoms with E-state index >= 15 is 0 Å². The van der Waals surface area contributed by atoms with Crippen molar-refractivity contribution in [3.8, 4) is 5.75 Å². The van der Waals surface area contributed by atoms with Crippen molar-refractivity contribution in [1.29, 1.82) is 0 Å². The van der Waals surface area contributed by atoms with Crippen molar-refractivity contribution in [3.63, 3.8) is 0 Å². The molecule has 1 heterocycles. The predicted molar refractivity (Wildman–Crippen MR) is 59.9 cm³/mol. The second-order valence-corrected chi connectivity index (χ2v) is 4.76. The topological polar surface area (TPSA) is 32.3 Å². The standard InChI is InChI=1S/C13H17NO/c15-11-6-5-9-3-4-10-2-1-7-14-13(10)12(9)8-11/h5-6,8,10,13-15H,1-4,7H2/t10-,13+/m0/s1. The van der Waals surface area contributed by atoms with Gasteiger partial charge in [0.1, 0.15) is 5.75 Å². The molecule has 1 aromatic rings. The Morgan fingerprint density at radius 2 is 2.20 bits per heavy atom. The summed E-state index contributed by atoms with van der Waals surface area (Å²) in [6.45, 7) is 1.12. The van der Waals surface area contributed by atoms with Gasteiger partial charge in [0, 0.05) is 6.04 Å². The van der Waals surface area contributed by atoms with E-state index in [1.165, 1.54) is 36.8 Å². The van der Waals surface area contributed by atoms with E-state index in [-0.39, 0.29) is 0 Å². The Balaban J connectivity index is 2.01. The average Bonchev–Trinajstić information content (AvgIpc) is 2.29. The molecule has 3 rings (SSSR count). The molecule has 80 valence electrons. The molecule has 2 atom stereocenters. The number of hydrogen-bond donors (Lipinski definition) is 2. The molecule has 2 heteroatoms. The lowest BCUT2D eigenvalue weighted by molar-refractivity contribution is 0.254. The Morgan fingerprint density at radius 1 is 1.27 bits per heavy atom. The smallest absolute Gasteiger partial charge is 0.115 e. The van der Waals surface area contributed by atoms with Crippen LogP contribution in [0.1, 0.15) is 36.4 Å². The van der Waals surface area contributed by atoms with E-state index in [2.05, 4.69) is 11.4 Å². The second-order valence-electron chi connectivity index (χ2n) is 4.76. The molecule has 1 saturated heterocycles. The summed E-state index contributed by atoms with van der Waals surface area (Å²) in [5, 5.41) is 13.1. The maximum Gasteiger partial charge on any atom is 0.115 e. The number of nitrogens with one attached hydrogen (secondary N) is 1. The van der Waals surface area contributed by atoms with Gasteiger partial charge in [0.2, 0.25) is 0 Å². The highest BCUT2D eigenvalue weighted by molar-refractivity contribution is 5.39. The molecule has 0 bridgehead atoms. The van der Waals surface area contributed by atoms with Crippen LogP contribution in [0.3, 0.4) is 0 Å². The monoisotopic (exact) mass is 203 g/mol. The highest BCUT2D eigenvalue weighted by atomic mass is 16.3. The highest BCUT2D eigenvalue weighted by Gasteiger charge is 2.31. The van der Waals surface area contributed by atoms with Gasteiger partial charge >= 0.3 is 0 Å². The number of phenolic OH excluding ortho intramolecular Hbond substituents is 1. The summed E-state index contributed by atoms with van der Waals surface area (Å²) >= 11 is 0. The van der Waals surface area contributed by atoms with Crippen molar-refractivity contribution in [2.75, 3.05) is 6.54 Å². The fourth-order valence-electron chi connectivity index (χ4n) is 3.07. The van der Waals surface area contributed by atoms with Gasteiger partial charge in [-0.05, 0) is 61.4 Å². The zero-order chi connectivity index (χ0) is 10.3. The first-order chi connectivity index (χ1) is 7.34. The van der Waals surface area contributed by atoms with Gasteiger partial charge in [-0.1, -0.05) is 6.07 Å². The Labute approximate surface area is 90.3 Å². The molecule has 1 aliphatic heterocycles. The van der Waals surface area contributed by atoms with E-state index in [0.29, 0.717) is 11.8 Å². The van der Waals surface area contributed by atoms with Crippen LogP contribution in [-0.4, -0.2) is 11.7 Å². The Hall–Kier alpha value is -1.02. The van der Waals surface area contributed by atoms with Crippen LogP contribution in [0, 0.1) is 5.92 Å².